The summed E-state index contributed by atoms with van der Waals surface area (Å²) in [6.07, 6.45) is 0.0899. The molecule has 0 aromatic heterocycles. The van der Waals surface area contributed by atoms with Gasteiger partial charge < -0.3 is 9.47 Å². The topological polar surface area (TPSA) is 64.9 Å². The van der Waals surface area contributed by atoms with Crippen molar-refractivity contribution >= 4 is 5.69 Å². The van der Waals surface area contributed by atoms with Gasteiger partial charge in [0.2, 0.25) is 0 Å². The number of nitro groups is 1. The molecule has 2 aliphatic rings. The fourth-order valence-electron chi connectivity index (χ4n) is 1.98. The molecule has 0 radical (unpaired) electrons. The van der Waals surface area contributed by atoms with Crippen LogP contribution >= 0.6 is 0 Å². The Morgan fingerprint density at radius 1 is 1.47 bits per heavy atom. The molecule has 78 valence electrons. The first-order valence-electron chi connectivity index (χ1n) is 4.77. The van der Waals surface area contributed by atoms with Crippen LogP contribution in [0.5, 0.6) is 5.75 Å². The first kappa shape index (κ1) is 8.67. The third-order valence-corrected chi connectivity index (χ3v) is 2.81. The van der Waals surface area contributed by atoms with Crippen molar-refractivity contribution in [3.8, 4) is 5.75 Å². The molecule has 0 N–H and O–H groups in total. The van der Waals surface area contributed by atoms with E-state index in [1.807, 2.05) is 6.92 Å². The van der Waals surface area contributed by atoms with Crippen molar-refractivity contribution in [2.24, 2.45) is 0 Å². The van der Waals surface area contributed by atoms with E-state index in [2.05, 4.69) is 0 Å². The number of hydrogen-bond donors (Lipinski definition) is 0. The van der Waals surface area contributed by atoms with E-state index in [1.165, 1.54) is 12.1 Å². The van der Waals surface area contributed by atoms with E-state index in [1.54, 1.807) is 6.07 Å². The highest BCUT2D eigenvalue weighted by atomic mass is 16.6. The van der Waals surface area contributed by atoms with Crippen LogP contribution in [0.3, 0.4) is 0 Å². The normalized spacial score (nSPS) is 31.1. The molecule has 1 aromatic rings. The first-order valence-corrected chi connectivity index (χ1v) is 4.77. The van der Waals surface area contributed by atoms with Gasteiger partial charge in [0.15, 0.2) is 0 Å². The van der Waals surface area contributed by atoms with Crippen LogP contribution in [0, 0.1) is 10.1 Å². The number of ether oxygens (including phenoxy) is 2. The molecule has 0 aliphatic carbocycles. The van der Waals surface area contributed by atoms with Crippen LogP contribution in [0.4, 0.5) is 5.69 Å². The summed E-state index contributed by atoms with van der Waals surface area (Å²) >= 11 is 0. The van der Waals surface area contributed by atoms with E-state index in [-0.39, 0.29) is 24.0 Å². The van der Waals surface area contributed by atoms with Crippen LogP contribution in [-0.2, 0) is 4.74 Å². The molecule has 5 nitrogen and oxygen atoms in total. The van der Waals surface area contributed by atoms with E-state index in [0.717, 1.165) is 5.56 Å². The van der Waals surface area contributed by atoms with Crippen molar-refractivity contribution in [3.63, 3.8) is 0 Å². The van der Waals surface area contributed by atoms with Crippen molar-refractivity contribution in [1.82, 2.24) is 0 Å². The van der Waals surface area contributed by atoms with Crippen LogP contribution in [0.25, 0.3) is 0 Å². The summed E-state index contributed by atoms with van der Waals surface area (Å²) in [5.41, 5.74) is 0.883. The summed E-state index contributed by atoms with van der Waals surface area (Å²) in [5.74, 6) is 0.701. The van der Waals surface area contributed by atoms with Gasteiger partial charge in [0.05, 0.1) is 4.92 Å². The maximum absolute atomic E-state index is 10.6. The second kappa shape index (κ2) is 2.70. The summed E-state index contributed by atoms with van der Waals surface area (Å²) in [7, 11) is 0. The zero-order chi connectivity index (χ0) is 10.6. The molecule has 2 heterocycles. The number of benzene rings is 1. The highest BCUT2D eigenvalue weighted by Crippen LogP contribution is 2.50. The van der Waals surface area contributed by atoms with Crippen LogP contribution in [0.1, 0.15) is 18.6 Å². The lowest BCUT2D eigenvalue weighted by molar-refractivity contribution is -0.385. The number of non-ortho nitro benzene ring substituents is 1. The fourth-order valence-corrected chi connectivity index (χ4v) is 1.98. The lowest BCUT2D eigenvalue weighted by Gasteiger charge is -2.19. The fraction of sp³-hybridized carbons (Fsp3) is 0.400. The predicted molar refractivity (Wildman–Crippen MR) is 50.8 cm³/mol. The molecule has 3 atom stereocenters. The standard InChI is InChI=1S/C10H9NO4/c1-5-9-10(15-9)7-4-6(11(12)13)2-3-8(7)14-5/h2-5,9-10H,1H3/t5-,9-,10+/m1/s1. The van der Waals surface area contributed by atoms with Gasteiger partial charge in [-0.2, -0.15) is 0 Å². The zero-order valence-electron chi connectivity index (χ0n) is 8.04. The van der Waals surface area contributed by atoms with Crippen molar-refractivity contribution in [3.05, 3.63) is 33.9 Å². The molecule has 0 bridgehead atoms. The third-order valence-electron chi connectivity index (χ3n) is 2.81. The van der Waals surface area contributed by atoms with Gasteiger partial charge in [-0.05, 0) is 13.0 Å². The monoisotopic (exact) mass is 207 g/mol. The SMILES string of the molecule is C[C@H]1Oc2ccc([N+](=O)[O-])cc2[C@@H]2O[C@H]12. The van der Waals surface area contributed by atoms with E-state index in [9.17, 15) is 10.1 Å². The molecule has 1 fully saturated rings. The minimum absolute atomic E-state index is 0.0105. The molecule has 15 heavy (non-hydrogen) atoms. The van der Waals surface area contributed by atoms with Gasteiger partial charge in [-0.3, -0.25) is 10.1 Å². The second-order valence-electron chi connectivity index (χ2n) is 3.82. The molecule has 0 amide bonds. The maximum atomic E-state index is 10.6. The lowest BCUT2D eigenvalue weighted by atomic mass is 10.0. The number of rotatable bonds is 1. The van der Waals surface area contributed by atoms with Gasteiger partial charge >= 0.3 is 0 Å². The molecular weight excluding hydrogens is 198 g/mol. The number of hydrogen-bond acceptors (Lipinski definition) is 4. The van der Waals surface area contributed by atoms with Crippen molar-refractivity contribution in [1.29, 1.82) is 0 Å². The Morgan fingerprint density at radius 3 is 3.00 bits per heavy atom. The molecule has 1 saturated heterocycles. The van der Waals surface area contributed by atoms with Gasteiger partial charge in [-0.1, -0.05) is 0 Å². The number of epoxide rings is 1. The van der Waals surface area contributed by atoms with Crippen molar-refractivity contribution < 1.29 is 14.4 Å². The van der Waals surface area contributed by atoms with Gasteiger partial charge in [-0.15, -0.1) is 0 Å². The Balaban J connectivity index is 2.06. The lowest BCUT2D eigenvalue weighted by Crippen LogP contribution is -2.23. The van der Waals surface area contributed by atoms with Gasteiger partial charge in [0, 0.05) is 17.7 Å². The summed E-state index contributed by atoms with van der Waals surface area (Å²) in [4.78, 5) is 10.2. The Hall–Kier alpha value is -1.62. The molecular formula is C10H9NO4. The maximum Gasteiger partial charge on any atom is 0.270 e. The summed E-state index contributed by atoms with van der Waals surface area (Å²) < 4.78 is 11.0. The van der Waals surface area contributed by atoms with E-state index < -0.39 is 4.92 Å². The molecule has 0 unspecified atom stereocenters. The summed E-state index contributed by atoms with van der Waals surface area (Å²) in [5, 5.41) is 10.6. The quantitative estimate of drug-likeness (QED) is 0.400. The smallest absolute Gasteiger partial charge is 0.270 e. The van der Waals surface area contributed by atoms with Crippen molar-refractivity contribution in [2.75, 3.05) is 0 Å². The Bertz CT molecular complexity index is 445. The number of nitro benzene ring substituents is 1. The Labute approximate surface area is 85.8 Å². The van der Waals surface area contributed by atoms with Gasteiger partial charge in [0.1, 0.15) is 24.1 Å². The van der Waals surface area contributed by atoms with Crippen LogP contribution < -0.4 is 4.74 Å². The minimum atomic E-state index is -0.407. The third kappa shape index (κ3) is 1.20. The summed E-state index contributed by atoms with van der Waals surface area (Å²) in [6, 6.07) is 4.63. The average molecular weight is 207 g/mol. The van der Waals surface area contributed by atoms with E-state index in [4.69, 9.17) is 9.47 Å². The summed E-state index contributed by atoms with van der Waals surface area (Å²) in [6.45, 7) is 1.94. The Kier molecular flexibility index (Phi) is 1.56. The van der Waals surface area contributed by atoms with E-state index in [0.29, 0.717) is 5.75 Å². The van der Waals surface area contributed by atoms with E-state index >= 15 is 0 Å². The highest BCUT2D eigenvalue weighted by Gasteiger charge is 2.50. The molecule has 3 rings (SSSR count). The largest absolute Gasteiger partial charge is 0.487 e. The minimum Gasteiger partial charge on any atom is -0.487 e. The van der Waals surface area contributed by atoms with Crippen LogP contribution in [-0.4, -0.2) is 17.1 Å². The zero-order valence-corrected chi connectivity index (χ0v) is 8.04. The van der Waals surface area contributed by atoms with Crippen molar-refractivity contribution in [2.45, 2.75) is 25.2 Å². The first-order chi connectivity index (χ1) is 7.16. The van der Waals surface area contributed by atoms with Gasteiger partial charge in [0.25, 0.3) is 5.69 Å². The molecule has 1 aromatic carbocycles. The molecule has 2 aliphatic heterocycles. The van der Waals surface area contributed by atoms with Crippen LogP contribution in [0.2, 0.25) is 0 Å². The van der Waals surface area contributed by atoms with Gasteiger partial charge in [-0.25, -0.2) is 0 Å². The highest BCUT2D eigenvalue weighted by molar-refractivity contribution is 5.48. The molecule has 5 heteroatoms. The number of nitrogens with zero attached hydrogens (tertiary/aromatic N) is 1. The second-order valence-corrected chi connectivity index (χ2v) is 3.82. The van der Waals surface area contributed by atoms with Crippen LogP contribution in [0.15, 0.2) is 18.2 Å². The number of fused-ring (bicyclic) bond motifs is 3. The Morgan fingerprint density at radius 2 is 2.27 bits per heavy atom. The average Bonchev–Trinajstić information content (AvgIpc) is 2.97. The molecule has 0 spiro atoms. The molecule has 0 saturated carbocycles. The predicted octanol–water partition coefficient (Wildman–Crippen LogP) is 1.82.